The summed E-state index contributed by atoms with van der Waals surface area (Å²) in [5.41, 5.74) is 0.793. The smallest absolute Gasteiger partial charge is 0.246 e. The maximum atomic E-state index is 11.8. The summed E-state index contributed by atoms with van der Waals surface area (Å²) >= 11 is 1.52. The molecule has 0 atom stereocenters. The maximum Gasteiger partial charge on any atom is 0.246 e. The molecule has 1 fully saturated rings. The monoisotopic (exact) mass is 547 g/mol. The fourth-order valence-electron chi connectivity index (χ4n) is 4.24. The van der Waals surface area contributed by atoms with Gasteiger partial charge in [-0.3, -0.25) is 4.79 Å². The molecule has 0 radical (unpaired) electrons. The van der Waals surface area contributed by atoms with Gasteiger partial charge in [-0.1, -0.05) is 6.58 Å². The molecule has 11 heteroatoms. The predicted octanol–water partition coefficient (Wildman–Crippen LogP) is 4.42. The molecule has 2 N–H and O–H groups in total. The van der Waals surface area contributed by atoms with Crippen LogP contribution in [0, 0.1) is 0 Å². The summed E-state index contributed by atoms with van der Waals surface area (Å²) < 4.78 is 17.6. The number of hydrogen-bond acceptors (Lipinski definition) is 10. The predicted molar refractivity (Wildman–Crippen MR) is 149 cm³/mol. The van der Waals surface area contributed by atoms with Gasteiger partial charge in [0.25, 0.3) is 0 Å². The van der Waals surface area contributed by atoms with Crippen LogP contribution in [0.5, 0.6) is 17.2 Å². The van der Waals surface area contributed by atoms with Crippen LogP contribution in [0.2, 0.25) is 0 Å². The Hall–Kier alpha value is -4.22. The van der Waals surface area contributed by atoms with Crippen LogP contribution in [-0.4, -0.2) is 57.2 Å². The van der Waals surface area contributed by atoms with Crippen molar-refractivity contribution in [1.29, 1.82) is 0 Å². The third-order valence-electron chi connectivity index (χ3n) is 6.30. The van der Waals surface area contributed by atoms with E-state index in [-0.39, 0.29) is 12.0 Å². The molecule has 0 spiro atoms. The van der Waals surface area contributed by atoms with E-state index in [9.17, 15) is 9.90 Å². The van der Waals surface area contributed by atoms with Crippen molar-refractivity contribution in [3.05, 3.63) is 71.5 Å². The number of fused-ring (bicyclic) bond motifs is 1. The molecule has 39 heavy (non-hydrogen) atoms. The molecule has 1 aliphatic heterocycles. The molecule has 1 amide bonds. The van der Waals surface area contributed by atoms with Crippen molar-refractivity contribution in [3.63, 3.8) is 0 Å². The topological polar surface area (TPSA) is 119 Å². The van der Waals surface area contributed by atoms with E-state index in [2.05, 4.69) is 26.8 Å². The first kappa shape index (κ1) is 26.4. The molecule has 0 aliphatic carbocycles. The highest BCUT2D eigenvalue weighted by Crippen LogP contribution is 2.38. The van der Waals surface area contributed by atoms with E-state index in [1.807, 2.05) is 29.6 Å². The number of amides is 1. The summed E-state index contributed by atoms with van der Waals surface area (Å²) in [6.45, 7) is 8.23. The van der Waals surface area contributed by atoms with Crippen LogP contribution >= 0.6 is 11.3 Å². The summed E-state index contributed by atoms with van der Waals surface area (Å²) in [4.78, 5) is 26.6. The zero-order chi connectivity index (χ0) is 27.6. The summed E-state index contributed by atoms with van der Waals surface area (Å²) in [5.74, 6) is 2.08. The lowest BCUT2D eigenvalue weighted by Crippen LogP contribution is -2.55. The van der Waals surface area contributed by atoms with Crippen molar-refractivity contribution >= 4 is 39.7 Å². The van der Waals surface area contributed by atoms with Gasteiger partial charge < -0.3 is 29.5 Å². The summed E-state index contributed by atoms with van der Waals surface area (Å²) in [7, 11) is 1.57. The van der Waals surface area contributed by atoms with Gasteiger partial charge in [-0.25, -0.2) is 15.0 Å². The molecule has 4 aromatic rings. The molecule has 1 saturated heterocycles. The molecule has 3 heterocycles. The number of likely N-dealkylation sites (tertiary alicyclic amines) is 1. The molecule has 1 aliphatic rings. The molecule has 0 unspecified atom stereocenters. The first-order chi connectivity index (χ1) is 18.7. The highest BCUT2D eigenvalue weighted by molar-refractivity contribution is 7.09. The van der Waals surface area contributed by atoms with Crippen LogP contribution < -0.4 is 19.5 Å². The Labute approximate surface area is 229 Å². The van der Waals surface area contributed by atoms with Crippen molar-refractivity contribution in [2.45, 2.75) is 32.2 Å². The first-order valence-corrected chi connectivity index (χ1v) is 13.2. The summed E-state index contributed by atoms with van der Waals surface area (Å²) in [5, 5.41) is 17.8. The standard InChI is InChI=1S/C28H29N5O5S/c1-5-26(34)33-13-18(14-33)38-24-11-19-22(12-23(24)36-4)30-16-31-27(19)32-21-7-6-17(10-20(21)28(2,3)35)37-15-25-29-8-9-39-25/h5-12,16,18,35H,1,13-15H2,2-4H3,(H,30,31,32). The number of rotatable bonds is 10. The Kier molecular flexibility index (Phi) is 7.36. The van der Waals surface area contributed by atoms with E-state index in [1.165, 1.54) is 23.7 Å². The fourth-order valence-corrected chi connectivity index (χ4v) is 4.77. The van der Waals surface area contributed by atoms with Gasteiger partial charge in [-0.15, -0.1) is 11.3 Å². The number of ether oxygens (including phenoxy) is 3. The van der Waals surface area contributed by atoms with Crippen LogP contribution in [0.1, 0.15) is 24.4 Å². The van der Waals surface area contributed by atoms with Crippen LogP contribution in [-0.2, 0) is 17.0 Å². The molecule has 0 bridgehead atoms. The highest BCUT2D eigenvalue weighted by atomic mass is 32.1. The Morgan fingerprint density at radius 2 is 2.05 bits per heavy atom. The number of aromatic nitrogens is 3. The van der Waals surface area contributed by atoms with E-state index in [1.54, 1.807) is 38.1 Å². The number of methoxy groups -OCH3 is 1. The van der Waals surface area contributed by atoms with E-state index >= 15 is 0 Å². The number of carbonyl (C=O) groups is 1. The minimum atomic E-state index is -1.16. The lowest BCUT2D eigenvalue weighted by molar-refractivity contribution is -0.134. The largest absolute Gasteiger partial charge is 0.493 e. The SMILES string of the molecule is C=CC(=O)N1CC(Oc2cc3c(Nc4ccc(OCc5nccs5)cc4C(C)(C)O)ncnc3cc2OC)C1. The third kappa shape index (κ3) is 5.79. The normalized spacial score (nSPS) is 13.6. The number of aliphatic hydroxyl groups is 1. The van der Waals surface area contributed by atoms with E-state index < -0.39 is 5.60 Å². The number of hydrogen-bond donors (Lipinski definition) is 2. The van der Waals surface area contributed by atoms with Crippen LogP contribution in [0.4, 0.5) is 11.5 Å². The Balaban J connectivity index is 1.42. The van der Waals surface area contributed by atoms with Gasteiger partial charge in [-0.2, -0.15) is 0 Å². The van der Waals surface area contributed by atoms with E-state index in [0.29, 0.717) is 64.9 Å². The van der Waals surface area contributed by atoms with Crippen molar-refractivity contribution < 1.29 is 24.1 Å². The number of nitrogens with one attached hydrogen (secondary N) is 1. The number of thiazole rings is 1. The fraction of sp³-hybridized carbons (Fsp3) is 0.286. The summed E-state index contributed by atoms with van der Waals surface area (Å²) in [6.07, 6.45) is 4.33. The van der Waals surface area contributed by atoms with Crippen LogP contribution in [0.15, 0.2) is 60.9 Å². The highest BCUT2D eigenvalue weighted by Gasteiger charge is 2.32. The Morgan fingerprint density at radius 1 is 1.23 bits per heavy atom. The van der Waals surface area contributed by atoms with Crippen molar-refractivity contribution in [2.75, 3.05) is 25.5 Å². The molecule has 5 rings (SSSR count). The average Bonchev–Trinajstić information content (AvgIpc) is 3.42. The van der Waals surface area contributed by atoms with E-state index in [0.717, 1.165) is 5.01 Å². The molecular weight excluding hydrogens is 518 g/mol. The van der Waals surface area contributed by atoms with Gasteiger partial charge in [0.05, 0.1) is 31.3 Å². The van der Waals surface area contributed by atoms with Gasteiger partial charge in [0.2, 0.25) is 5.91 Å². The lowest BCUT2D eigenvalue weighted by atomic mass is 9.96. The van der Waals surface area contributed by atoms with Crippen molar-refractivity contribution in [3.8, 4) is 17.2 Å². The maximum absolute atomic E-state index is 11.8. The van der Waals surface area contributed by atoms with Crippen molar-refractivity contribution in [1.82, 2.24) is 19.9 Å². The number of nitrogens with zero attached hydrogens (tertiary/aromatic N) is 4. The molecule has 2 aromatic heterocycles. The zero-order valence-electron chi connectivity index (χ0n) is 21.9. The summed E-state index contributed by atoms with van der Waals surface area (Å²) in [6, 6.07) is 9.10. The second-order valence-electron chi connectivity index (χ2n) is 9.54. The molecule has 10 nitrogen and oxygen atoms in total. The lowest BCUT2D eigenvalue weighted by Gasteiger charge is -2.38. The van der Waals surface area contributed by atoms with E-state index in [4.69, 9.17) is 14.2 Å². The minimum absolute atomic E-state index is 0.123. The Bertz CT molecular complexity index is 1500. The quantitative estimate of drug-likeness (QED) is 0.278. The van der Waals surface area contributed by atoms with Crippen LogP contribution in [0.25, 0.3) is 10.9 Å². The van der Waals surface area contributed by atoms with Gasteiger partial charge in [0, 0.05) is 34.3 Å². The number of benzene rings is 2. The average molecular weight is 548 g/mol. The second-order valence-corrected chi connectivity index (χ2v) is 10.5. The number of anilines is 2. The number of carbonyl (C=O) groups excluding carboxylic acids is 1. The van der Waals surface area contributed by atoms with Crippen LogP contribution in [0.3, 0.4) is 0 Å². The minimum Gasteiger partial charge on any atom is -0.493 e. The molecule has 0 saturated carbocycles. The Morgan fingerprint density at radius 3 is 2.74 bits per heavy atom. The van der Waals surface area contributed by atoms with Gasteiger partial charge in [-0.05, 0) is 44.2 Å². The zero-order valence-corrected chi connectivity index (χ0v) is 22.7. The van der Waals surface area contributed by atoms with Gasteiger partial charge in [0.1, 0.15) is 35.6 Å². The second kappa shape index (κ2) is 10.9. The molecule has 202 valence electrons. The third-order valence-corrected chi connectivity index (χ3v) is 7.05. The molecular formula is C28H29N5O5S. The first-order valence-electron chi connectivity index (χ1n) is 12.3. The van der Waals surface area contributed by atoms with Crippen molar-refractivity contribution in [2.24, 2.45) is 0 Å². The molecule has 2 aromatic carbocycles. The van der Waals surface area contributed by atoms with Gasteiger partial charge >= 0.3 is 0 Å². The van der Waals surface area contributed by atoms with Gasteiger partial charge in [0.15, 0.2) is 11.5 Å².